The maximum atomic E-state index is 13.0. The number of carbonyl (C=O) groups excluding carboxylic acids is 1. The van der Waals surface area contributed by atoms with Crippen molar-refractivity contribution in [3.63, 3.8) is 0 Å². The molecule has 0 bridgehead atoms. The molecule has 0 spiro atoms. The molecule has 2 aliphatic rings. The van der Waals surface area contributed by atoms with Gasteiger partial charge in [-0.05, 0) is 31.6 Å². The van der Waals surface area contributed by atoms with Gasteiger partial charge in [-0.15, -0.1) is 0 Å². The van der Waals surface area contributed by atoms with E-state index in [-0.39, 0.29) is 23.8 Å². The highest BCUT2D eigenvalue weighted by Crippen LogP contribution is 2.32. The van der Waals surface area contributed by atoms with E-state index in [1.807, 2.05) is 19.9 Å². The molecule has 2 heterocycles. The number of fused-ring (bicyclic) bond motifs is 1. The highest BCUT2D eigenvalue weighted by molar-refractivity contribution is 7.89. The fourth-order valence-corrected chi connectivity index (χ4v) is 4.40. The first-order valence-electron chi connectivity index (χ1n) is 7.53. The third-order valence-electron chi connectivity index (χ3n) is 4.40. The van der Waals surface area contributed by atoms with Gasteiger partial charge >= 0.3 is 0 Å². The van der Waals surface area contributed by atoms with Crippen molar-refractivity contribution in [2.75, 3.05) is 13.1 Å². The van der Waals surface area contributed by atoms with Gasteiger partial charge in [0, 0.05) is 13.1 Å². The van der Waals surface area contributed by atoms with E-state index in [4.69, 9.17) is 0 Å². The highest BCUT2D eigenvalue weighted by Gasteiger charge is 2.46. The predicted molar refractivity (Wildman–Crippen MR) is 88.1 cm³/mol. The van der Waals surface area contributed by atoms with E-state index in [0.717, 1.165) is 16.7 Å². The predicted octanol–water partition coefficient (Wildman–Crippen LogP) is 2.06. The van der Waals surface area contributed by atoms with Crippen LogP contribution in [0.1, 0.15) is 18.9 Å². The van der Waals surface area contributed by atoms with E-state index < -0.39 is 16.2 Å². The van der Waals surface area contributed by atoms with E-state index in [9.17, 15) is 13.2 Å². The fourth-order valence-electron chi connectivity index (χ4n) is 2.87. The van der Waals surface area contributed by atoms with Crippen LogP contribution in [0.4, 0.5) is 0 Å². The van der Waals surface area contributed by atoms with Gasteiger partial charge in [-0.3, -0.25) is 4.79 Å². The van der Waals surface area contributed by atoms with Crippen molar-refractivity contribution in [1.82, 2.24) is 9.21 Å². The van der Waals surface area contributed by atoms with E-state index >= 15 is 0 Å². The molecule has 5 nitrogen and oxygen atoms in total. The van der Waals surface area contributed by atoms with Crippen LogP contribution < -0.4 is 0 Å². The minimum atomic E-state index is -3.64. The molecular formula is C17H20N2O3S. The zero-order valence-corrected chi connectivity index (χ0v) is 14.1. The molecule has 0 saturated carbocycles. The first kappa shape index (κ1) is 16.0. The molecule has 0 aliphatic carbocycles. The van der Waals surface area contributed by atoms with Crippen LogP contribution in [-0.2, 0) is 14.8 Å². The molecule has 1 amide bonds. The van der Waals surface area contributed by atoms with Crippen LogP contribution in [0, 0.1) is 6.92 Å². The zero-order valence-electron chi connectivity index (χ0n) is 13.3. The van der Waals surface area contributed by atoms with Crippen LogP contribution in [0.25, 0.3) is 0 Å². The Kier molecular flexibility index (Phi) is 3.90. The first-order valence-corrected chi connectivity index (χ1v) is 8.97. The zero-order chi connectivity index (χ0) is 16.8. The molecule has 0 N–H and O–H groups in total. The van der Waals surface area contributed by atoms with Gasteiger partial charge in [0.1, 0.15) is 6.17 Å². The fraction of sp³-hybridized carbons (Fsp3) is 0.353. The largest absolute Gasteiger partial charge is 0.321 e. The van der Waals surface area contributed by atoms with Crippen LogP contribution in [0.3, 0.4) is 0 Å². The average molecular weight is 332 g/mol. The molecule has 1 atom stereocenters. The summed E-state index contributed by atoms with van der Waals surface area (Å²) in [5.41, 5.74) is 2.78. The summed E-state index contributed by atoms with van der Waals surface area (Å²) in [5, 5.41) is 0. The van der Waals surface area contributed by atoms with Crippen molar-refractivity contribution in [2.45, 2.75) is 31.3 Å². The topological polar surface area (TPSA) is 57.7 Å². The lowest BCUT2D eigenvalue weighted by atomic mass is 10.1. The van der Waals surface area contributed by atoms with Crippen LogP contribution in [-0.4, -0.2) is 42.8 Å². The molecule has 23 heavy (non-hydrogen) atoms. The number of amides is 1. The second-order valence-electron chi connectivity index (χ2n) is 6.10. The molecule has 1 aromatic rings. The van der Waals surface area contributed by atoms with Crippen LogP contribution in [0.15, 0.2) is 53.0 Å². The molecule has 1 unspecified atom stereocenters. The van der Waals surface area contributed by atoms with Gasteiger partial charge in [-0.2, -0.15) is 4.31 Å². The maximum absolute atomic E-state index is 13.0. The lowest BCUT2D eigenvalue weighted by molar-refractivity contribution is -0.150. The van der Waals surface area contributed by atoms with Gasteiger partial charge in [0.25, 0.3) is 0 Å². The Morgan fingerprint density at radius 1 is 1.26 bits per heavy atom. The number of hydrogen-bond donors (Lipinski definition) is 0. The molecule has 1 saturated heterocycles. The number of benzene rings is 1. The quantitative estimate of drug-likeness (QED) is 0.796. The highest BCUT2D eigenvalue weighted by atomic mass is 32.2. The summed E-state index contributed by atoms with van der Waals surface area (Å²) in [6, 6.07) is 6.79. The SMILES string of the molecule is C=C(C)C1=CCN(S(=O)(=O)c2ccc(C)cc2)C2CC(=O)N2C1. The first-order chi connectivity index (χ1) is 10.8. The third-order valence-corrected chi connectivity index (χ3v) is 6.28. The molecule has 1 aromatic carbocycles. The molecule has 3 rings (SSSR count). The lowest BCUT2D eigenvalue weighted by Gasteiger charge is -2.44. The number of carbonyl (C=O) groups is 1. The van der Waals surface area contributed by atoms with Crippen LogP contribution in [0.5, 0.6) is 0 Å². The summed E-state index contributed by atoms with van der Waals surface area (Å²) >= 11 is 0. The van der Waals surface area contributed by atoms with Crippen molar-refractivity contribution in [3.05, 3.63) is 53.6 Å². The third kappa shape index (κ3) is 2.72. The summed E-state index contributed by atoms with van der Waals surface area (Å²) in [7, 11) is -3.64. The standard InChI is InChI=1S/C17H20N2O3S/c1-12(2)14-8-9-19(16-10-17(20)18(16)11-14)23(21,22)15-6-4-13(3)5-7-15/h4-8,16H,1,9-11H2,2-3H3. The Morgan fingerprint density at radius 2 is 1.91 bits per heavy atom. The van der Waals surface area contributed by atoms with E-state index in [1.165, 1.54) is 4.31 Å². The van der Waals surface area contributed by atoms with Crippen molar-refractivity contribution in [3.8, 4) is 0 Å². The van der Waals surface area contributed by atoms with Crippen LogP contribution in [0.2, 0.25) is 0 Å². The van der Waals surface area contributed by atoms with E-state index in [0.29, 0.717) is 6.54 Å². The Morgan fingerprint density at radius 3 is 2.48 bits per heavy atom. The molecular weight excluding hydrogens is 312 g/mol. The number of rotatable bonds is 3. The second-order valence-corrected chi connectivity index (χ2v) is 7.99. The minimum Gasteiger partial charge on any atom is -0.321 e. The Labute approximate surface area is 136 Å². The van der Waals surface area contributed by atoms with Crippen LogP contribution >= 0.6 is 0 Å². The average Bonchev–Trinajstić information content (AvgIpc) is 2.64. The van der Waals surface area contributed by atoms with Crippen molar-refractivity contribution >= 4 is 15.9 Å². The van der Waals surface area contributed by atoms with Gasteiger partial charge in [0.2, 0.25) is 15.9 Å². The molecule has 0 aromatic heterocycles. The minimum absolute atomic E-state index is 0.0202. The molecule has 1 fully saturated rings. The Balaban J connectivity index is 1.98. The number of aryl methyl sites for hydroxylation is 1. The summed E-state index contributed by atoms with van der Waals surface area (Å²) < 4.78 is 27.3. The number of nitrogens with zero attached hydrogens (tertiary/aromatic N) is 2. The van der Waals surface area contributed by atoms with Gasteiger partial charge in [-0.25, -0.2) is 8.42 Å². The number of sulfonamides is 1. The smallest absolute Gasteiger partial charge is 0.245 e. The second kappa shape index (κ2) is 5.62. The van der Waals surface area contributed by atoms with Crippen molar-refractivity contribution < 1.29 is 13.2 Å². The number of hydrogen-bond acceptors (Lipinski definition) is 3. The molecule has 122 valence electrons. The summed E-state index contributed by atoms with van der Waals surface area (Å²) in [5.74, 6) is -0.0202. The normalized spacial score (nSPS) is 22.0. The summed E-state index contributed by atoms with van der Waals surface area (Å²) in [6.07, 6.45) is 1.70. The van der Waals surface area contributed by atoms with E-state index in [1.54, 1.807) is 29.2 Å². The van der Waals surface area contributed by atoms with Crippen molar-refractivity contribution in [1.29, 1.82) is 0 Å². The summed E-state index contributed by atoms with van der Waals surface area (Å²) in [4.78, 5) is 13.8. The maximum Gasteiger partial charge on any atom is 0.245 e. The lowest BCUT2D eigenvalue weighted by Crippen LogP contribution is -2.61. The Hall–Kier alpha value is -1.92. The molecule has 2 aliphatic heterocycles. The van der Waals surface area contributed by atoms with E-state index in [2.05, 4.69) is 6.58 Å². The van der Waals surface area contributed by atoms with Gasteiger partial charge in [-0.1, -0.05) is 35.9 Å². The summed E-state index contributed by atoms with van der Waals surface area (Å²) in [6.45, 7) is 8.38. The van der Waals surface area contributed by atoms with Gasteiger partial charge in [0.05, 0.1) is 11.3 Å². The monoisotopic (exact) mass is 332 g/mol. The molecule has 6 heteroatoms. The Bertz CT molecular complexity index is 794. The van der Waals surface area contributed by atoms with Gasteiger partial charge in [0.15, 0.2) is 0 Å². The molecule has 0 radical (unpaired) electrons. The number of β-lactam (4-membered cyclic amide) rings is 1. The van der Waals surface area contributed by atoms with Gasteiger partial charge < -0.3 is 4.90 Å². The van der Waals surface area contributed by atoms with Crippen molar-refractivity contribution in [2.24, 2.45) is 0 Å².